The van der Waals surface area contributed by atoms with Crippen molar-refractivity contribution in [2.75, 3.05) is 11.1 Å². The van der Waals surface area contributed by atoms with E-state index in [1.807, 2.05) is 0 Å². The lowest BCUT2D eigenvalue weighted by atomic mass is 10.2. The standard InChI is InChI=1S/C12H16FN3O/c13-8-5-6-10(14)11(7-8)16-12(17)15-9-3-1-2-4-9/h5-7,9H,1-4,14H2,(H2,15,16,17). The van der Waals surface area contributed by atoms with Crippen LogP contribution in [0.5, 0.6) is 0 Å². The molecule has 1 fully saturated rings. The molecule has 92 valence electrons. The van der Waals surface area contributed by atoms with Gasteiger partial charge >= 0.3 is 6.03 Å². The first-order valence-corrected chi connectivity index (χ1v) is 5.77. The molecule has 0 bridgehead atoms. The summed E-state index contributed by atoms with van der Waals surface area (Å²) in [7, 11) is 0. The summed E-state index contributed by atoms with van der Waals surface area (Å²) in [5, 5.41) is 5.41. The van der Waals surface area contributed by atoms with Gasteiger partial charge in [0.1, 0.15) is 5.82 Å². The highest BCUT2D eigenvalue weighted by molar-refractivity contribution is 5.92. The van der Waals surface area contributed by atoms with Crippen molar-refractivity contribution < 1.29 is 9.18 Å². The van der Waals surface area contributed by atoms with Crippen LogP contribution in [0, 0.1) is 5.82 Å². The number of hydrogen-bond donors (Lipinski definition) is 3. The van der Waals surface area contributed by atoms with Gasteiger partial charge < -0.3 is 16.4 Å². The molecule has 0 heterocycles. The molecular weight excluding hydrogens is 221 g/mol. The molecule has 4 N–H and O–H groups in total. The van der Waals surface area contributed by atoms with E-state index in [0.29, 0.717) is 11.4 Å². The molecule has 1 aliphatic rings. The second kappa shape index (κ2) is 5.03. The maximum atomic E-state index is 13.0. The van der Waals surface area contributed by atoms with Crippen LogP contribution in [0.3, 0.4) is 0 Å². The number of halogens is 1. The minimum Gasteiger partial charge on any atom is -0.397 e. The Labute approximate surface area is 99.4 Å². The lowest BCUT2D eigenvalue weighted by molar-refractivity contribution is 0.248. The summed E-state index contributed by atoms with van der Waals surface area (Å²) in [4.78, 5) is 11.6. The SMILES string of the molecule is Nc1ccc(F)cc1NC(=O)NC1CCCC1. The van der Waals surface area contributed by atoms with E-state index in [2.05, 4.69) is 10.6 Å². The molecular formula is C12H16FN3O. The Morgan fingerprint density at radius 2 is 2.06 bits per heavy atom. The summed E-state index contributed by atoms with van der Waals surface area (Å²) >= 11 is 0. The molecule has 0 saturated heterocycles. The first-order chi connectivity index (χ1) is 8.15. The molecule has 1 aromatic carbocycles. The van der Waals surface area contributed by atoms with Crippen molar-refractivity contribution in [3.8, 4) is 0 Å². The van der Waals surface area contributed by atoms with Crippen LogP contribution in [-0.2, 0) is 0 Å². The summed E-state index contributed by atoms with van der Waals surface area (Å²) in [5.74, 6) is -0.421. The largest absolute Gasteiger partial charge is 0.397 e. The minimum absolute atomic E-state index is 0.227. The monoisotopic (exact) mass is 237 g/mol. The first kappa shape index (κ1) is 11.7. The van der Waals surface area contributed by atoms with Gasteiger partial charge in [-0.05, 0) is 31.0 Å². The van der Waals surface area contributed by atoms with E-state index < -0.39 is 5.82 Å². The molecule has 2 rings (SSSR count). The maximum absolute atomic E-state index is 13.0. The van der Waals surface area contributed by atoms with Gasteiger partial charge in [-0.25, -0.2) is 9.18 Å². The Morgan fingerprint density at radius 1 is 1.35 bits per heavy atom. The van der Waals surface area contributed by atoms with Gasteiger partial charge in [0.15, 0.2) is 0 Å². The molecule has 0 aliphatic heterocycles. The van der Waals surface area contributed by atoms with Gasteiger partial charge in [-0.1, -0.05) is 12.8 Å². The third kappa shape index (κ3) is 3.09. The Morgan fingerprint density at radius 3 is 2.76 bits per heavy atom. The van der Waals surface area contributed by atoms with Crippen LogP contribution in [0.25, 0.3) is 0 Å². The zero-order valence-corrected chi connectivity index (χ0v) is 9.50. The molecule has 4 nitrogen and oxygen atoms in total. The highest BCUT2D eigenvalue weighted by Gasteiger charge is 2.17. The Kier molecular flexibility index (Phi) is 3.46. The van der Waals surface area contributed by atoms with Gasteiger partial charge in [0, 0.05) is 6.04 Å². The number of carbonyl (C=O) groups is 1. The summed E-state index contributed by atoms with van der Waals surface area (Å²) in [5.41, 5.74) is 6.30. The quantitative estimate of drug-likeness (QED) is 0.692. The molecule has 0 spiro atoms. The number of hydrogen-bond acceptors (Lipinski definition) is 2. The number of nitrogens with one attached hydrogen (secondary N) is 2. The van der Waals surface area contributed by atoms with Crippen LogP contribution in [0.15, 0.2) is 18.2 Å². The number of anilines is 2. The van der Waals surface area contributed by atoms with Crippen molar-refractivity contribution in [2.24, 2.45) is 0 Å². The van der Waals surface area contributed by atoms with Crippen LogP contribution < -0.4 is 16.4 Å². The highest BCUT2D eigenvalue weighted by Crippen LogP contribution is 2.20. The minimum atomic E-state index is -0.421. The smallest absolute Gasteiger partial charge is 0.319 e. The predicted octanol–water partition coefficient (Wildman–Crippen LogP) is 2.47. The predicted molar refractivity (Wildman–Crippen MR) is 65.2 cm³/mol. The van der Waals surface area contributed by atoms with Crippen LogP contribution in [-0.4, -0.2) is 12.1 Å². The van der Waals surface area contributed by atoms with E-state index in [9.17, 15) is 9.18 Å². The van der Waals surface area contributed by atoms with E-state index in [0.717, 1.165) is 25.7 Å². The second-order valence-corrected chi connectivity index (χ2v) is 4.31. The fourth-order valence-corrected chi connectivity index (χ4v) is 2.05. The van der Waals surface area contributed by atoms with Gasteiger partial charge in [0.25, 0.3) is 0 Å². The van der Waals surface area contributed by atoms with Gasteiger partial charge in [-0.3, -0.25) is 0 Å². The maximum Gasteiger partial charge on any atom is 0.319 e. The topological polar surface area (TPSA) is 67.1 Å². The van der Waals surface area contributed by atoms with Gasteiger partial charge in [0.2, 0.25) is 0 Å². The zero-order chi connectivity index (χ0) is 12.3. The van der Waals surface area contributed by atoms with Crippen molar-refractivity contribution in [3.63, 3.8) is 0 Å². The second-order valence-electron chi connectivity index (χ2n) is 4.31. The summed E-state index contributed by atoms with van der Waals surface area (Å²) in [6, 6.07) is 3.80. The van der Waals surface area contributed by atoms with E-state index in [4.69, 9.17) is 5.73 Å². The average molecular weight is 237 g/mol. The van der Waals surface area contributed by atoms with Crippen LogP contribution in [0.4, 0.5) is 20.6 Å². The zero-order valence-electron chi connectivity index (χ0n) is 9.50. The molecule has 5 heteroatoms. The highest BCUT2D eigenvalue weighted by atomic mass is 19.1. The normalized spacial score (nSPS) is 15.8. The van der Waals surface area contributed by atoms with Gasteiger partial charge in [-0.15, -0.1) is 0 Å². The van der Waals surface area contributed by atoms with E-state index >= 15 is 0 Å². The molecule has 2 amide bonds. The van der Waals surface area contributed by atoms with Crippen molar-refractivity contribution in [3.05, 3.63) is 24.0 Å². The Hall–Kier alpha value is -1.78. The van der Waals surface area contributed by atoms with Crippen molar-refractivity contribution in [1.82, 2.24) is 5.32 Å². The number of nitrogens with two attached hydrogens (primary N) is 1. The number of benzene rings is 1. The van der Waals surface area contributed by atoms with E-state index in [1.165, 1.54) is 18.2 Å². The van der Waals surface area contributed by atoms with Gasteiger partial charge in [-0.2, -0.15) is 0 Å². The Bertz CT molecular complexity index is 416. The molecule has 17 heavy (non-hydrogen) atoms. The van der Waals surface area contributed by atoms with Gasteiger partial charge in [0.05, 0.1) is 11.4 Å². The van der Waals surface area contributed by atoms with E-state index in [-0.39, 0.29) is 12.1 Å². The lowest BCUT2D eigenvalue weighted by Crippen LogP contribution is -2.36. The molecule has 0 atom stereocenters. The van der Waals surface area contributed by atoms with Crippen LogP contribution in [0.1, 0.15) is 25.7 Å². The van der Waals surface area contributed by atoms with Crippen LogP contribution >= 0.6 is 0 Å². The lowest BCUT2D eigenvalue weighted by Gasteiger charge is -2.14. The van der Waals surface area contributed by atoms with Crippen molar-refractivity contribution in [2.45, 2.75) is 31.7 Å². The van der Waals surface area contributed by atoms with Crippen molar-refractivity contribution in [1.29, 1.82) is 0 Å². The molecule has 0 aromatic heterocycles. The summed E-state index contributed by atoms with van der Waals surface area (Å²) in [6.07, 6.45) is 4.30. The number of carbonyl (C=O) groups excluding carboxylic acids is 1. The fraction of sp³-hybridized carbons (Fsp3) is 0.417. The number of amides is 2. The molecule has 0 radical (unpaired) electrons. The number of urea groups is 1. The molecule has 1 saturated carbocycles. The molecule has 1 aromatic rings. The fourth-order valence-electron chi connectivity index (χ4n) is 2.05. The molecule has 1 aliphatic carbocycles. The third-order valence-electron chi connectivity index (χ3n) is 2.95. The Balaban J connectivity index is 1.95. The van der Waals surface area contributed by atoms with Crippen molar-refractivity contribution >= 4 is 17.4 Å². The summed E-state index contributed by atoms with van der Waals surface area (Å²) < 4.78 is 13.0. The summed E-state index contributed by atoms with van der Waals surface area (Å²) in [6.45, 7) is 0. The third-order valence-corrected chi connectivity index (χ3v) is 2.95. The van der Waals surface area contributed by atoms with E-state index in [1.54, 1.807) is 0 Å². The average Bonchev–Trinajstić information content (AvgIpc) is 2.76. The first-order valence-electron chi connectivity index (χ1n) is 5.77. The molecule has 0 unspecified atom stereocenters. The van der Waals surface area contributed by atoms with Crippen LogP contribution in [0.2, 0.25) is 0 Å². The number of nitrogen functional groups attached to an aromatic ring is 1. The number of rotatable bonds is 2.